The second-order valence-corrected chi connectivity index (χ2v) is 5.72. The maximum absolute atomic E-state index is 5.83. The highest BCUT2D eigenvalue weighted by Crippen LogP contribution is 2.31. The maximum Gasteiger partial charge on any atom is 0.171 e. The predicted molar refractivity (Wildman–Crippen MR) is 80.5 cm³/mol. The monoisotopic (exact) mass is 269 g/mol. The van der Waals surface area contributed by atoms with Gasteiger partial charge in [-0.2, -0.15) is 0 Å². The summed E-state index contributed by atoms with van der Waals surface area (Å²) in [6.07, 6.45) is 0. The Morgan fingerprint density at radius 2 is 1.95 bits per heavy atom. The molecule has 4 heteroatoms. The number of anilines is 1. The van der Waals surface area contributed by atoms with Crippen molar-refractivity contribution in [2.45, 2.75) is 23.9 Å². The molecule has 1 heterocycles. The zero-order valence-electron chi connectivity index (χ0n) is 10.9. The molecule has 0 spiro atoms. The van der Waals surface area contributed by atoms with Gasteiger partial charge in [0.05, 0.1) is 11.0 Å². The number of imidazole rings is 1. The fourth-order valence-corrected chi connectivity index (χ4v) is 2.92. The maximum atomic E-state index is 5.83. The van der Waals surface area contributed by atoms with Crippen LogP contribution in [0.1, 0.15) is 11.1 Å². The zero-order valence-corrected chi connectivity index (χ0v) is 11.7. The summed E-state index contributed by atoms with van der Waals surface area (Å²) >= 11 is 1.61. The predicted octanol–water partition coefficient (Wildman–Crippen LogP) is 3.91. The highest BCUT2D eigenvalue weighted by Gasteiger charge is 2.07. The van der Waals surface area contributed by atoms with Gasteiger partial charge >= 0.3 is 0 Å². The van der Waals surface area contributed by atoms with Gasteiger partial charge in [0.25, 0.3) is 0 Å². The smallest absolute Gasteiger partial charge is 0.171 e. The Labute approximate surface area is 116 Å². The molecule has 0 bridgehead atoms. The first kappa shape index (κ1) is 12.1. The molecule has 0 atom stereocenters. The molecule has 0 aliphatic rings. The lowest BCUT2D eigenvalue weighted by atomic mass is 10.2. The molecule has 0 aliphatic carbocycles. The number of benzene rings is 2. The van der Waals surface area contributed by atoms with E-state index in [4.69, 9.17) is 5.73 Å². The molecule has 0 unspecified atom stereocenters. The molecule has 96 valence electrons. The molecule has 3 N–H and O–H groups in total. The highest BCUT2D eigenvalue weighted by atomic mass is 32.2. The summed E-state index contributed by atoms with van der Waals surface area (Å²) < 4.78 is 0. The first-order chi connectivity index (χ1) is 9.11. The third-order valence-corrected chi connectivity index (χ3v) is 4.08. The molecule has 3 aromatic rings. The van der Waals surface area contributed by atoms with Crippen molar-refractivity contribution >= 4 is 28.5 Å². The van der Waals surface area contributed by atoms with Gasteiger partial charge in [-0.05, 0) is 49.2 Å². The molecule has 3 nitrogen and oxygen atoms in total. The lowest BCUT2D eigenvalue weighted by molar-refractivity contribution is 1.08. The van der Waals surface area contributed by atoms with Crippen LogP contribution < -0.4 is 5.73 Å². The zero-order chi connectivity index (χ0) is 13.4. The molecule has 1 aromatic heterocycles. The Morgan fingerprint density at radius 1 is 1.11 bits per heavy atom. The number of fused-ring (bicyclic) bond motifs is 1. The molecular weight excluding hydrogens is 254 g/mol. The van der Waals surface area contributed by atoms with Crippen molar-refractivity contribution < 1.29 is 0 Å². The van der Waals surface area contributed by atoms with E-state index in [1.54, 1.807) is 11.8 Å². The number of hydrogen-bond acceptors (Lipinski definition) is 3. The van der Waals surface area contributed by atoms with Gasteiger partial charge in [-0.15, -0.1) is 0 Å². The van der Waals surface area contributed by atoms with Crippen molar-refractivity contribution in [3.8, 4) is 0 Å². The lowest BCUT2D eigenvalue weighted by Crippen LogP contribution is -1.87. The van der Waals surface area contributed by atoms with Gasteiger partial charge in [-0.1, -0.05) is 23.9 Å². The molecule has 19 heavy (non-hydrogen) atoms. The summed E-state index contributed by atoms with van der Waals surface area (Å²) in [5.74, 6) is 0. The molecular formula is C15H15N3S. The second-order valence-electron chi connectivity index (χ2n) is 4.69. The molecule has 0 amide bonds. The normalized spacial score (nSPS) is 11.1. The van der Waals surface area contributed by atoms with Crippen LogP contribution in [0.4, 0.5) is 5.69 Å². The summed E-state index contributed by atoms with van der Waals surface area (Å²) in [5, 5.41) is 0.898. The van der Waals surface area contributed by atoms with E-state index in [-0.39, 0.29) is 0 Å². The van der Waals surface area contributed by atoms with Crippen LogP contribution in [0.5, 0.6) is 0 Å². The average Bonchev–Trinajstić information content (AvgIpc) is 2.75. The molecule has 3 rings (SSSR count). The number of aryl methyl sites for hydroxylation is 2. The van der Waals surface area contributed by atoms with Crippen LogP contribution in [0.3, 0.4) is 0 Å². The standard InChI is InChI=1S/C15H15N3S/c1-9-3-6-12-13(7-9)18-15(17-12)19-14-8-11(16)5-4-10(14)2/h3-8H,16H2,1-2H3,(H,17,18). The summed E-state index contributed by atoms with van der Waals surface area (Å²) in [5.41, 5.74) is 11.1. The number of nitrogen functional groups attached to an aromatic ring is 1. The van der Waals surface area contributed by atoms with E-state index < -0.39 is 0 Å². The number of aromatic nitrogens is 2. The topological polar surface area (TPSA) is 54.7 Å². The van der Waals surface area contributed by atoms with Crippen molar-refractivity contribution in [2.75, 3.05) is 5.73 Å². The second kappa shape index (κ2) is 4.63. The van der Waals surface area contributed by atoms with Gasteiger partial charge in [0.1, 0.15) is 0 Å². The van der Waals surface area contributed by atoms with Crippen LogP contribution in [-0.4, -0.2) is 9.97 Å². The van der Waals surface area contributed by atoms with Crippen molar-refractivity contribution in [1.29, 1.82) is 0 Å². The Morgan fingerprint density at radius 3 is 2.79 bits per heavy atom. The van der Waals surface area contributed by atoms with Crippen LogP contribution in [-0.2, 0) is 0 Å². The van der Waals surface area contributed by atoms with E-state index in [2.05, 4.69) is 35.9 Å². The minimum absolute atomic E-state index is 0.778. The summed E-state index contributed by atoms with van der Waals surface area (Å²) in [7, 11) is 0. The van der Waals surface area contributed by atoms with Gasteiger partial charge in [-0.25, -0.2) is 4.98 Å². The Bertz CT molecular complexity index is 746. The van der Waals surface area contributed by atoms with Crippen LogP contribution in [0.25, 0.3) is 11.0 Å². The minimum atomic E-state index is 0.778. The van der Waals surface area contributed by atoms with E-state index in [9.17, 15) is 0 Å². The SMILES string of the molecule is Cc1ccc2nc(Sc3cc(N)ccc3C)[nH]c2c1. The lowest BCUT2D eigenvalue weighted by Gasteiger charge is -2.03. The van der Waals surface area contributed by atoms with Gasteiger partial charge in [0.15, 0.2) is 5.16 Å². The summed E-state index contributed by atoms with van der Waals surface area (Å²) in [6.45, 7) is 4.16. The van der Waals surface area contributed by atoms with E-state index in [1.807, 2.05) is 24.3 Å². The third-order valence-electron chi connectivity index (χ3n) is 3.03. The van der Waals surface area contributed by atoms with Gasteiger partial charge < -0.3 is 10.7 Å². The van der Waals surface area contributed by atoms with Gasteiger partial charge in [-0.3, -0.25) is 0 Å². The largest absolute Gasteiger partial charge is 0.399 e. The molecule has 2 aromatic carbocycles. The highest BCUT2D eigenvalue weighted by molar-refractivity contribution is 7.99. The van der Waals surface area contributed by atoms with Crippen molar-refractivity contribution in [3.05, 3.63) is 47.5 Å². The fraction of sp³-hybridized carbons (Fsp3) is 0.133. The van der Waals surface area contributed by atoms with Crippen LogP contribution >= 0.6 is 11.8 Å². The molecule has 0 saturated heterocycles. The number of hydrogen-bond donors (Lipinski definition) is 2. The first-order valence-corrected chi connectivity index (χ1v) is 6.94. The van der Waals surface area contributed by atoms with E-state index >= 15 is 0 Å². The Kier molecular flexibility index (Phi) is 2.95. The summed E-state index contributed by atoms with van der Waals surface area (Å²) in [4.78, 5) is 9.06. The van der Waals surface area contributed by atoms with E-state index in [0.29, 0.717) is 0 Å². The van der Waals surface area contributed by atoms with Crippen molar-refractivity contribution in [2.24, 2.45) is 0 Å². The number of nitrogens with two attached hydrogens (primary N) is 1. The minimum Gasteiger partial charge on any atom is -0.399 e. The Balaban J connectivity index is 1.98. The Hall–Kier alpha value is -1.94. The number of rotatable bonds is 2. The molecule has 0 saturated carbocycles. The molecule has 0 radical (unpaired) electrons. The van der Waals surface area contributed by atoms with Gasteiger partial charge in [0.2, 0.25) is 0 Å². The quantitative estimate of drug-likeness (QED) is 0.693. The average molecular weight is 269 g/mol. The van der Waals surface area contributed by atoms with Crippen molar-refractivity contribution in [1.82, 2.24) is 9.97 Å². The third kappa shape index (κ3) is 2.44. The molecule has 0 aliphatic heterocycles. The van der Waals surface area contributed by atoms with Crippen LogP contribution in [0, 0.1) is 13.8 Å². The van der Waals surface area contributed by atoms with E-state index in [0.717, 1.165) is 26.8 Å². The summed E-state index contributed by atoms with van der Waals surface area (Å²) in [6, 6.07) is 12.2. The number of H-pyrrole nitrogens is 1. The number of aromatic amines is 1. The van der Waals surface area contributed by atoms with Crippen LogP contribution in [0.15, 0.2) is 46.5 Å². The van der Waals surface area contributed by atoms with Gasteiger partial charge in [0, 0.05) is 10.6 Å². The number of nitrogens with zero attached hydrogens (tertiary/aromatic N) is 1. The van der Waals surface area contributed by atoms with Crippen LogP contribution in [0.2, 0.25) is 0 Å². The van der Waals surface area contributed by atoms with Crippen molar-refractivity contribution in [3.63, 3.8) is 0 Å². The fourth-order valence-electron chi connectivity index (χ4n) is 1.98. The number of nitrogens with one attached hydrogen (secondary N) is 1. The first-order valence-electron chi connectivity index (χ1n) is 6.12. The molecule has 0 fully saturated rings. The van der Waals surface area contributed by atoms with E-state index in [1.165, 1.54) is 11.1 Å².